The van der Waals surface area contributed by atoms with Crippen molar-refractivity contribution in [3.63, 3.8) is 0 Å². The maximum absolute atomic E-state index is 8.98. The number of oxime groups is 1. The third-order valence-electron chi connectivity index (χ3n) is 3.18. The molecular formula is C17H16N2O2. The summed E-state index contributed by atoms with van der Waals surface area (Å²) in [6.07, 6.45) is 0.948. The molecule has 0 atom stereocenters. The highest BCUT2D eigenvalue weighted by Gasteiger charge is 2.09. The highest BCUT2D eigenvalue weighted by molar-refractivity contribution is 6.12. The van der Waals surface area contributed by atoms with Gasteiger partial charge in [-0.15, -0.1) is 0 Å². The molecule has 0 fully saturated rings. The number of nitrogens with zero attached hydrogens (tertiary/aromatic N) is 2. The van der Waals surface area contributed by atoms with E-state index >= 15 is 0 Å². The molecule has 0 aliphatic heterocycles. The summed E-state index contributed by atoms with van der Waals surface area (Å²) in [7, 11) is 0. The maximum atomic E-state index is 8.98. The number of hydrogen-bond donors (Lipinski definition) is 1. The van der Waals surface area contributed by atoms with Gasteiger partial charge in [0.05, 0.1) is 0 Å². The smallest absolute Gasteiger partial charge is 0.187 e. The molecule has 0 saturated heterocycles. The standard InChI is InChI=1S/C17H16N2O2/c1-2-13-6-5-8-15(10-13)21-12-14-7-3-4-9-16(14)17(11-18)19-20/h3-10,20H,2,12H2,1H3. The lowest BCUT2D eigenvalue weighted by Gasteiger charge is -2.10. The second-order valence-corrected chi connectivity index (χ2v) is 4.51. The summed E-state index contributed by atoms with van der Waals surface area (Å²) in [5, 5.41) is 20.9. The number of nitriles is 1. The number of benzene rings is 2. The van der Waals surface area contributed by atoms with E-state index in [1.807, 2.05) is 42.5 Å². The van der Waals surface area contributed by atoms with Crippen molar-refractivity contribution in [3.05, 3.63) is 65.2 Å². The van der Waals surface area contributed by atoms with Gasteiger partial charge in [-0.25, -0.2) is 0 Å². The second-order valence-electron chi connectivity index (χ2n) is 4.51. The summed E-state index contributed by atoms with van der Waals surface area (Å²) in [6, 6.07) is 17.0. The summed E-state index contributed by atoms with van der Waals surface area (Å²) in [4.78, 5) is 0. The summed E-state index contributed by atoms with van der Waals surface area (Å²) >= 11 is 0. The molecule has 0 aliphatic rings. The lowest BCUT2D eigenvalue weighted by atomic mass is 10.0. The minimum atomic E-state index is -0.0171. The average molecular weight is 280 g/mol. The molecule has 21 heavy (non-hydrogen) atoms. The van der Waals surface area contributed by atoms with Crippen LogP contribution in [0.15, 0.2) is 53.7 Å². The van der Waals surface area contributed by atoms with Gasteiger partial charge in [0.2, 0.25) is 0 Å². The van der Waals surface area contributed by atoms with Crippen LogP contribution in [-0.4, -0.2) is 10.9 Å². The molecule has 1 N–H and O–H groups in total. The predicted octanol–water partition coefficient (Wildman–Crippen LogP) is 3.53. The van der Waals surface area contributed by atoms with Gasteiger partial charge in [-0.1, -0.05) is 48.5 Å². The van der Waals surface area contributed by atoms with Gasteiger partial charge < -0.3 is 9.94 Å². The van der Waals surface area contributed by atoms with Crippen molar-refractivity contribution in [2.24, 2.45) is 5.16 Å². The highest BCUT2D eigenvalue weighted by atomic mass is 16.5. The Kier molecular flexibility index (Phi) is 4.94. The van der Waals surface area contributed by atoms with Crippen LogP contribution in [-0.2, 0) is 13.0 Å². The van der Waals surface area contributed by atoms with Crippen molar-refractivity contribution in [1.82, 2.24) is 0 Å². The molecule has 2 aromatic carbocycles. The molecule has 0 unspecified atom stereocenters. The molecule has 0 amide bonds. The third kappa shape index (κ3) is 3.61. The van der Waals surface area contributed by atoms with Gasteiger partial charge in [-0.3, -0.25) is 0 Å². The van der Waals surface area contributed by atoms with Crippen molar-refractivity contribution >= 4 is 5.71 Å². The fraction of sp³-hybridized carbons (Fsp3) is 0.176. The molecule has 0 saturated carbocycles. The molecule has 0 spiro atoms. The molecular weight excluding hydrogens is 264 g/mol. The van der Waals surface area contributed by atoms with Crippen molar-refractivity contribution < 1.29 is 9.94 Å². The lowest BCUT2D eigenvalue weighted by molar-refractivity contribution is 0.305. The predicted molar refractivity (Wildman–Crippen MR) is 80.5 cm³/mol. The van der Waals surface area contributed by atoms with Gasteiger partial charge in [-0.2, -0.15) is 5.26 Å². The van der Waals surface area contributed by atoms with Gasteiger partial charge in [0.1, 0.15) is 18.4 Å². The van der Waals surface area contributed by atoms with Gasteiger partial charge in [0, 0.05) is 5.56 Å². The summed E-state index contributed by atoms with van der Waals surface area (Å²) < 4.78 is 5.77. The summed E-state index contributed by atoms with van der Waals surface area (Å²) in [5.74, 6) is 0.781. The Morgan fingerprint density at radius 2 is 2.05 bits per heavy atom. The maximum Gasteiger partial charge on any atom is 0.187 e. The first-order valence-electron chi connectivity index (χ1n) is 6.70. The molecule has 106 valence electrons. The molecule has 0 heterocycles. The van der Waals surface area contributed by atoms with Crippen LogP contribution in [0.1, 0.15) is 23.6 Å². The fourth-order valence-electron chi connectivity index (χ4n) is 2.03. The van der Waals surface area contributed by atoms with Crippen LogP contribution >= 0.6 is 0 Å². The Balaban J connectivity index is 2.19. The molecule has 2 aromatic rings. The van der Waals surface area contributed by atoms with Crippen molar-refractivity contribution in [2.75, 3.05) is 0 Å². The van der Waals surface area contributed by atoms with E-state index in [0.29, 0.717) is 12.2 Å². The molecule has 0 radical (unpaired) electrons. The number of ether oxygens (including phenoxy) is 1. The lowest BCUT2D eigenvalue weighted by Crippen LogP contribution is -2.05. The van der Waals surface area contributed by atoms with E-state index in [-0.39, 0.29) is 5.71 Å². The fourth-order valence-corrected chi connectivity index (χ4v) is 2.03. The van der Waals surface area contributed by atoms with Gasteiger partial charge in [0.25, 0.3) is 0 Å². The van der Waals surface area contributed by atoms with E-state index in [1.54, 1.807) is 12.1 Å². The van der Waals surface area contributed by atoms with Crippen LogP contribution in [0, 0.1) is 11.3 Å². The van der Waals surface area contributed by atoms with E-state index in [2.05, 4.69) is 12.1 Å². The Labute approximate surface area is 123 Å². The van der Waals surface area contributed by atoms with Crippen molar-refractivity contribution in [2.45, 2.75) is 20.0 Å². The number of hydrogen-bond acceptors (Lipinski definition) is 4. The molecule has 2 rings (SSSR count). The number of aryl methyl sites for hydroxylation is 1. The average Bonchev–Trinajstić information content (AvgIpc) is 2.55. The second kappa shape index (κ2) is 7.11. The molecule has 0 bridgehead atoms. The van der Waals surface area contributed by atoms with Crippen LogP contribution in [0.4, 0.5) is 0 Å². The van der Waals surface area contributed by atoms with Crippen LogP contribution in [0.25, 0.3) is 0 Å². The first-order chi connectivity index (χ1) is 10.3. The van der Waals surface area contributed by atoms with Gasteiger partial charge >= 0.3 is 0 Å². The van der Waals surface area contributed by atoms with E-state index < -0.39 is 0 Å². The zero-order valence-corrected chi connectivity index (χ0v) is 11.8. The largest absolute Gasteiger partial charge is 0.489 e. The van der Waals surface area contributed by atoms with E-state index in [4.69, 9.17) is 15.2 Å². The third-order valence-corrected chi connectivity index (χ3v) is 3.18. The van der Waals surface area contributed by atoms with E-state index in [1.165, 1.54) is 5.56 Å². The Morgan fingerprint density at radius 1 is 1.24 bits per heavy atom. The Morgan fingerprint density at radius 3 is 2.76 bits per heavy atom. The van der Waals surface area contributed by atoms with Crippen LogP contribution in [0.5, 0.6) is 5.75 Å². The zero-order valence-electron chi connectivity index (χ0n) is 11.8. The Hall–Kier alpha value is -2.80. The molecule has 4 nitrogen and oxygen atoms in total. The SMILES string of the molecule is CCc1cccc(OCc2ccccc2C(C#N)=NO)c1. The van der Waals surface area contributed by atoms with E-state index in [9.17, 15) is 0 Å². The van der Waals surface area contributed by atoms with Gasteiger partial charge in [0.15, 0.2) is 5.71 Å². The van der Waals surface area contributed by atoms with Crippen LogP contribution in [0.2, 0.25) is 0 Å². The Bertz CT molecular complexity index is 687. The van der Waals surface area contributed by atoms with Crippen molar-refractivity contribution in [1.29, 1.82) is 5.26 Å². The zero-order chi connectivity index (χ0) is 15.1. The summed E-state index contributed by atoms with van der Waals surface area (Å²) in [6.45, 7) is 2.40. The topological polar surface area (TPSA) is 65.6 Å². The van der Waals surface area contributed by atoms with E-state index in [0.717, 1.165) is 17.7 Å². The summed E-state index contributed by atoms with van der Waals surface area (Å²) in [5.41, 5.74) is 2.56. The van der Waals surface area contributed by atoms with Crippen LogP contribution in [0.3, 0.4) is 0 Å². The molecule has 0 aliphatic carbocycles. The minimum Gasteiger partial charge on any atom is -0.489 e. The molecule has 4 heteroatoms. The molecule has 0 aromatic heterocycles. The highest BCUT2D eigenvalue weighted by Crippen LogP contribution is 2.17. The van der Waals surface area contributed by atoms with Gasteiger partial charge in [-0.05, 0) is 29.7 Å². The first-order valence-corrected chi connectivity index (χ1v) is 6.70. The van der Waals surface area contributed by atoms with Crippen molar-refractivity contribution in [3.8, 4) is 11.8 Å². The van der Waals surface area contributed by atoms with Crippen LogP contribution < -0.4 is 4.74 Å². The normalized spacial score (nSPS) is 11.0. The first kappa shape index (κ1) is 14.6. The minimum absolute atomic E-state index is 0.0171. The quantitative estimate of drug-likeness (QED) is 0.517. The monoisotopic (exact) mass is 280 g/mol. The number of rotatable bonds is 5.